The number of carbonyl (C=O) groups is 1. The molecule has 98 valence electrons. The van der Waals surface area contributed by atoms with Gasteiger partial charge in [-0.1, -0.05) is 0 Å². The number of ether oxygens (including phenoxy) is 1. The summed E-state index contributed by atoms with van der Waals surface area (Å²) in [7, 11) is 0. The molecular weight excluding hydrogens is 289 g/mol. The Morgan fingerprint density at radius 1 is 1.29 bits per heavy atom. The molecule has 0 amide bonds. The number of hydrogen-bond acceptors (Lipinski definition) is 3. The SMILES string of the molecule is O=C1OC(C(F)(F)Cl)(C(F)(F)Cl)N2CCC[C@@H]12. The topological polar surface area (TPSA) is 29.5 Å². The molecule has 0 aromatic heterocycles. The summed E-state index contributed by atoms with van der Waals surface area (Å²) in [6, 6.07) is -1.13. The first-order valence-electron chi connectivity index (χ1n) is 4.74. The van der Waals surface area contributed by atoms with E-state index in [1.54, 1.807) is 0 Å². The third-order valence-corrected chi connectivity index (χ3v) is 3.46. The van der Waals surface area contributed by atoms with Crippen LogP contribution in [0.15, 0.2) is 0 Å². The van der Waals surface area contributed by atoms with E-state index >= 15 is 0 Å². The highest BCUT2D eigenvalue weighted by Gasteiger charge is 2.79. The van der Waals surface area contributed by atoms with Crippen LogP contribution in [-0.4, -0.2) is 39.9 Å². The van der Waals surface area contributed by atoms with Crippen molar-refractivity contribution >= 4 is 29.2 Å². The first-order chi connectivity index (χ1) is 7.61. The van der Waals surface area contributed by atoms with E-state index in [0.717, 1.165) is 0 Å². The van der Waals surface area contributed by atoms with Crippen LogP contribution in [-0.2, 0) is 9.53 Å². The lowest BCUT2D eigenvalue weighted by atomic mass is 10.2. The standard InChI is InChI=1S/C8H7Cl2F4NO2/c9-7(11,12)6(8(10,13)14)15-3-1-2-4(15)5(16)17-6/h4H,1-3H2/t4-/m0/s1. The average Bonchev–Trinajstić information content (AvgIpc) is 2.64. The Hall–Kier alpha value is -0.270. The van der Waals surface area contributed by atoms with Gasteiger partial charge in [0.15, 0.2) is 0 Å². The van der Waals surface area contributed by atoms with Crippen LogP contribution < -0.4 is 0 Å². The Morgan fingerprint density at radius 3 is 2.29 bits per heavy atom. The number of fused-ring (bicyclic) bond motifs is 1. The van der Waals surface area contributed by atoms with Crippen molar-refractivity contribution in [2.45, 2.75) is 35.4 Å². The van der Waals surface area contributed by atoms with Crippen LogP contribution in [0.25, 0.3) is 0 Å². The van der Waals surface area contributed by atoms with Gasteiger partial charge in [-0.15, -0.1) is 0 Å². The number of hydrogen-bond donors (Lipinski definition) is 0. The average molecular weight is 296 g/mol. The fraction of sp³-hybridized carbons (Fsp3) is 0.875. The fourth-order valence-corrected chi connectivity index (χ4v) is 2.84. The normalized spacial score (nSPS) is 29.3. The molecule has 2 rings (SSSR count). The third kappa shape index (κ3) is 1.62. The molecule has 0 unspecified atom stereocenters. The van der Waals surface area contributed by atoms with E-state index in [4.69, 9.17) is 23.2 Å². The van der Waals surface area contributed by atoms with E-state index in [-0.39, 0.29) is 13.0 Å². The molecule has 0 bridgehead atoms. The maximum absolute atomic E-state index is 13.3. The number of rotatable bonds is 2. The summed E-state index contributed by atoms with van der Waals surface area (Å²) in [6.45, 7) is -0.152. The lowest BCUT2D eigenvalue weighted by Crippen LogP contribution is -2.65. The summed E-state index contributed by atoms with van der Waals surface area (Å²) in [5, 5.41) is -8.99. The molecule has 0 saturated carbocycles. The van der Waals surface area contributed by atoms with Crippen LogP contribution in [0.3, 0.4) is 0 Å². The van der Waals surface area contributed by atoms with Crippen LogP contribution in [0.4, 0.5) is 17.6 Å². The van der Waals surface area contributed by atoms with Crippen LogP contribution >= 0.6 is 23.2 Å². The van der Waals surface area contributed by atoms with E-state index < -0.39 is 28.5 Å². The maximum Gasteiger partial charge on any atom is 0.382 e. The molecule has 9 heteroatoms. The summed E-state index contributed by atoms with van der Waals surface area (Å²) in [6.07, 6.45) is 0.488. The van der Waals surface area contributed by atoms with Crippen molar-refractivity contribution < 1.29 is 27.1 Å². The van der Waals surface area contributed by atoms with Crippen molar-refractivity contribution in [3.05, 3.63) is 0 Å². The Balaban J connectivity index is 2.53. The molecule has 17 heavy (non-hydrogen) atoms. The smallest absolute Gasteiger partial charge is 0.382 e. The zero-order chi connectivity index (χ0) is 13.1. The van der Waals surface area contributed by atoms with Gasteiger partial charge in [0.2, 0.25) is 0 Å². The molecule has 2 saturated heterocycles. The molecule has 2 aliphatic rings. The van der Waals surface area contributed by atoms with Gasteiger partial charge in [-0.05, 0) is 36.0 Å². The molecule has 0 aromatic carbocycles. The highest BCUT2D eigenvalue weighted by Crippen LogP contribution is 2.55. The van der Waals surface area contributed by atoms with Gasteiger partial charge in [-0.3, -0.25) is 4.79 Å². The summed E-state index contributed by atoms with van der Waals surface area (Å²) in [5.41, 5.74) is -3.61. The molecule has 3 nitrogen and oxygen atoms in total. The number of carbonyl (C=O) groups excluding carboxylic acids is 1. The van der Waals surface area contributed by atoms with Crippen molar-refractivity contribution in [3.63, 3.8) is 0 Å². The lowest BCUT2D eigenvalue weighted by molar-refractivity contribution is -0.270. The van der Waals surface area contributed by atoms with Crippen molar-refractivity contribution in [2.24, 2.45) is 0 Å². The van der Waals surface area contributed by atoms with Crippen molar-refractivity contribution in [2.75, 3.05) is 6.54 Å². The fourth-order valence-electron chi connectivity index (χ4n) is 2.26. The van der Waals surface area contributed by atoms with Crippen molar-refractivity contribution in [1.29, 1.82) is 0 Å². The first-order valence-corrected chi connectivity index (χ1v) is 5.50. The van der Waals surface area contributed by atoms with Crippen molar-refractivity contribution in [1.82, 2.24) is 4.90 Å². The number of esters is 1. The number of halogens is 6. The summed E-state index contributed by atoms with van der Waals surface area (Å²) >= 11 is 9.39. The molecule has 0 aromatic rings. The predicted octanol–water partition coefficient (Wildman–Crippen LogP) is 2.37. The predicted molar refractivity (Wildman–Crippen MR) is 50.2 cm³/mol. The van der Waals surface area contributed by atoms with Gasteiger partial charge in [0.05, 0.1) is 0 Å². The van der Waals surface area contributed by atoms with Gasteiger partial charge in [-0.25, -0.2) is 4.90 Å². The second kappa shape index (κ2) is 3.61. The molecule has 0 aliphatic carbocycles. The number of alkyl halides is 6. The van der Waals surface area contributed by atoms with Gasteiger partial charge in [0.25, 0.3) is 0 Å². The Kier molecular flexibility index (Phi) is 2.80. The summed E-state index contributed by atoms with van der Waals surface area (Å²) in [5.74, 6) is -1.15. The van der Waals surface area contributed by atoms with Gasteiger partial charge < -0.3 is 4.74 Å². The van der Waals surface area contributed by atoms with E-state index in [1.165, 1.54) is 0 Å². The van der Waals surface area contributed by atoms with Crippen LogP contribution in [0.2, 0.25) is 0 Å². The Labute approximate surface area is 104 Å². The lowest BCUT2D eigenvalue weighted by Gasteiger charge is -2.39. The third-order valence-electron chi connectivity index (χ3n) is 2.95. The van der Waals surface area contributed by atoms with Crippen molar-refractivity contribution in [3.8, 4) is 0 Å². The van der Waals surface area contributed by atoms with Crippen LogP contribution in [0.1, 0.15) is 12.8 Å². The van der Waals surface area contributed by atoms with E-state index in [0.29, 0.717) is 11.3 Å². The van der Waals surface area contributed by atoms with E-state index in [2.05, 4.69) is 4.74 Å². The minimum atomic E-state index is -4.49. The first kappa shape index (κ1) is 13.2. The van der Waals surface area contributed by atoms with Gasteiger partial charge in [0, 0.05) is 6.54 Å². The number of cyclic esters (lactones) is 1. The van der Waals surface area contributed by atoms with E-state index in [1.807, 2.05) is 0 Å². The quantitative estimate of drug-likeness (QED) is 0.445. The van der Waals surface area contributed by atoms with Gasteiger partial charge in [0.1, 0.15) is 6.04 Å². The minimum absolute atomic E-state index is 0.152. The zero-order valence-electron chi connectivity index (χ0n) is 8.23. The van der Waals surface area contributed by atoms with Gasteiger partial charge in [-0.2, -0.15) is 17.6 Å². The molecule has 0 N–H and O–H groups in total. The van der Waals surface area contributed by atoms with Gasteiger partial charge >= 0.3 is 22.5 Å². The second-order valence-corrected chi connectivity index (χ2v) is 4.86. The van der Waals surface area contributed by atoms with Crippen LogP contribution in [0, 0.1) is 0 Å². The highest BCUT2D eigenvalue weighted by molar-refractivity contribution is 6.26. The molecule has 2 fully saturated rings. The molecule has 2 aliphatic heterocycles. The van der Waals surface area contributed by atoms with E-state index in [9.17, 15) is 22.4 Å². The monoisotopic (exact) mass is 295 g/mol. The molecule has 1 atom stereocenters. The van der Waals surface area contributed by atoms with Crippen LogP contribution in [0.5, 0.6) is 0 Å². The minimum Gasteiger partial charge on any atom is -0.426 e. The Bertz CT molecular complexity index is 340. The molecule has 0 spiro atoms. The summed E-state index contributed by atoms with van der Waals surface area (Å²) < 4.78 is 57.3. The number of nitrogens with zero attached hydrogens (tertiary/aromatic N) is 1. The maximum atomic E-state index is 13.3. The zero-order valence-corrected chi connectivity index (χ0v) is 9.74. The largest absolute Gasteiger partial charge is 0.426 e. The molecule has 2 heterocycles. The Morgan fingerprint density at radius 2 is 1.82 bits per heavy atom. The summed E-state index contributed by atoms with van der Waals surface area (Å²) in [4.78, 5) is 11.9. The second-order valence-electron chi connectivity index (χ2n) is 3.91. The molecular formula is C8H7Cl2F4NO2. The highest BCUT2D eigenvalue weighted by atomic mass is 35.5. The molecule has 0 radical (unpaired) electrons.